The molecule has 0 saturated carbocycles. The van der Waals surface area contributed by atoms with E-state index in [1.54, 1.807) is 25.3 Å². The molecule has 0 saturated heterocycles. The third-order valence-corrected chi connectivity index (χ3v) is 2.85. The van der Waals surface area contributed by atoms with E-state index in [1.807, 2.05) is 0 Å². The fourth-order valence-corrected chi connectivity index (χ4v) is 1.75. The second kappa shape index (κ2) is 6.04. The first-order valence-electron chi connectivity index (χ1n) is 6.08. The van der Waals surface area contributed by atoms with Gasteiger partial charge in [-0.2, -0.15) is 0 Å². The van der Waals surface area contributed by atoms with Crippen LogP contribution in [-0.2, 0) is 0 Å². The summed E-state index contributed by atoms with van der Waals surface area (Å²) >= 11 is 0. The average molecular weight is 289 g/mol. The van der Waals surface area contributed by atoms with Crippen LogP contribution in [0.25, 0.3) is 0 Å². The molecular formula is C15H15NO5. The van der Waals surface area contributed by atoms with E-state index >= 15 is 0 Å². The van der Waals surface area contributed by atoms with Gasteiger partial charge in [0, 0.05) is 6.07 Å². The third-order valence-electron chi connectivity index (χ3n) is 2.85. The van der Waals surface area contributed by atoms with Gasteiger partial charge in [-0.15, -0.1) is 0 Å². The highest BCUT2D eigenvalue weighted by Crippen LogP contribution is 2.36. The molecule has 2 rings (SSSR count). The van der Waals surface area contributed by atoms with Crippen LogP contribution in [0, 0.1) is 0 Å². The molecule has 0 radical (unpaired) electrons. The second-order valence-electron chi connectivity index (χ2n) is 4.18. The number of carboxylic acid groups (broad SMARTS) is 1. The van der Waals surface area contributed by atoms with Gasteiger partial charge >= 0.3 is 5.97 Å². The molecule has 0 fully saturated rings. The van der Waals surface area contributed by atoms with Gasteiger partial charge in [0.2, 0.25) is 0 Å². The molecule has 110 valence electrons. The van der Waals surface area contributed by atoms with Crippen LogP contribution in [0.1, 0.15) is 10.4 Å². The van der Waals surface area contributed by atoms with Crippen LogP contribution in [0.15, 0.2) is 36.4 Å². The van der Waals surface area contributed by atoms with E-state index in [2.05, 4.69) is 0 Å². The van der Waals surface area contributed by atoms with Crippen molar-refractivity contribution in [2.75, 3.05) is 20.0 Å². The minimum atomic E-state index is -1.05. The Morgan fingerprint density at radius 2 is 1.71 bits per heavy atom. The maximum atomic E-state index is 10.9. The molecular weight excluding hydrogens is 274 g/mol. The lowest BCUT2D eigenvalue weighted by molar-refractivity contribution is 0.0697. The maximum Gasteiger partial charge on any atom is 0.335 e. The molecule has 2 aromatic carbocycles. The maximum absolute atomic E-state index is 10.9. The summed E-state index contributed by atoms with van der Waals surface area (Å²) in [5.74, 6) is 0.872. The Morgan fingerprint density at radius 3 is 2.29 bits per heavy atom. The number of nitrogen functional groups attached to an aromatic ring is 1. The lowest BCUT2D eigenvalue weighted by Crippen LogP contribution is -2.00. The minimum absolute atomic E-state index is 0.0987. The Kier molecular flexibility index (Phi) is 4.18. The summed E-state index contributed by atoms with van der Waals surface area (Å²) < 4.78 is 16.0. The normalized spacial score (nSPS) is 10.0. The van der Waals surface area contributed by atoms with Crippen molar-refractivity contribution in [2.24, 2.45) is 0 Å². The van der Waals surface area contributed by atoms with Crippen LogP contribution >= 0.6 is 0 Å². The van der Waals surface area contributed by atoms with Gasteiger partial charge in [-0.1, -0.05) is 0 Å². The zero-order valence-electron chi connectivity index (χ0n) is 11.6. The molecule has 0 amide bonds. The van der Waals surface area contributed by atoms with Crippen molar-refractivity contribution >= 4 is 11.7 Å². The topological polar surface area (TPSA) is 91.0 Å². The summed E-state index contributed by atoms with van der Waals surface area (Å²) in [6, 6.07) is 9.35. The fourth-order valence-electron chi connectivity index (χ4n) is 1.75. The van der Waals surface area contributed by atoms with Crippen molar-refractivity contribution in [1.29, 1.82) is 0 Å². The highest BCUT2D eigenvalue weighted by atomic mass is 16.5. The number of carboxylic acids is 1. The van der Waals surface area contributed by atoms with E-state index in [-0.39, 0.29) is 11.3 Å². The predicted molar refractivity (Wildman–Crippen MR) is 77.4 cm³/mol. The minimum Gasteiger partial charge on any atom is -0.497 e. The van der Waals surface area contributed by atoms with Crippen LogP contribution in [0.3, 0.4) is 0 Å². The van der Waals surface area contributed by atoms with E-state index < -0.39 is 5.97 Å². The van der Waals surface area contributed by atoms with Crippen molar-refractivity contribution in [3.8, 4) is 23.0 Å². The first-order chi connectivity index (χ1) is 10.0. The molecule has 0 spiro atoms. The van der Waals surface area contributed by atoms with Crippen molar-refractivity contribution in [1.82, 2.24) is 0 Å². The lowest BCUT2D eigenvalue weighted by atomic mass is 10.2. The van der Waals surface area contributed by atoms with Crippen LogP contribution in [0.2, 0.25) is 0 Å². The SMILES string of the molecule is COc1ccc(Oc2ccc(C(=O)O)cc2N)c(OC)c1. The van der Waals surface area contributed by atoms with Gasteiger partial charge in [0.15, 0.2) is 17.2 Å². The van der Waals surface area contributed by atoms with Gasteiger partial charge < -0.3 is 25.1 Å². The highest BCUT2D eigenvalue weighted by Gasteiger charge is 2.11. The number of rotatable bonds is 5. The number of ether oxygens (including phenoxy) is 3. The number of nitrogens with two attached hydrogens (primary N) is 1. The Hall–Kier alpha value is -2.89. The molecule has 0 aliphatic heterocycles. The van der Waals surface area contributed by atoms with Gasteiger partial charge in [0.05, 0.1) is 25.5 Å². The molecule has 0 atom stereocenters. The molecule has 0 aliphatic rings. The van der Waals surface area contributed by atoms with Crippen LogP contribution in [-0.4, -0.2) is 25.3 Å². The fraction of sp³-hybridized carbons (Fsp3) is 0.133. The Balaban J connectivity index is 2.32. The number of carbonyl (C=O) groups is 1. The molecule has 3 N–H and O–H groups in total. The van der Waals surface area contributed by atoms with E-state index in [1.165, 1.54) is 25.3 Å². The predicted octanol–water partition coefficient (Wildman–Crippen LogP) is 2.78. The van der Waals surface area contributed by atoms with E-state index in [4.69, 9.17) is 25.1 Å². The van der Waals surface area contributed by atoms with Gasteiger partial charge in [0.1, 0.15) is 5.75 Å². The van der Waals surface area contributed by atoms with Crippen molar-refractivity contribution in [3.05, 3.63) is 42.0 Å². The van der Waals surface area contributed by atoms with Gasteiger partial charge in [-0.3, -0.25) is 0 Å². The first-order valence-corrected chi connectivity index (χ1v) is 6.08. The third kappa shape index (κ3) is 3.17. The summed E-state index contributed by atoms with van der Waals surface area (Å²) in [6.45, 7) is 0. The standard InChI is InChI=1S/C15H15NO5/c1-19-10-4-6-13(14(8-10)20-2)21-12-5-3-9(15(17)18)7-11(12)16/h3-8H,16H2,1-2H3,(H,17,18). The molecule has 0 heterocycles. The number of aromatic carboxylic acids is 1. The average Bonchev–Trinajstić information content (AvgIpc) is 2.49. The summed E-state index contributed by atoms with van der Waals surface area (Å²) in [5.41, 5.74) is 6.13. The zero-order valence-corrected chi connectivity index (χ0v) is 11.6. The first kappa shape index (κ1) is 14.5. The van der Waals surface area contributed by atoms with Crippen molar-refractivity contribution in [2.45, 2.75) is 0 Å². The van der Waals surface area contributed by atoms with E-state index in [0.29, 0.717) is 23.0 Å². The van der Waals surface area contributed by atoms with Crippen LogP contribution < -0.4 is 19.9 Å². The molecule has 0 aliphatic carbocycles. The Labute approximate surface area is 121 Å². The van der Waals surface area contributed by atoms with Gasteiger partial charge in [-0.25, -0.2) is 4.79 Å². The monoisotopic (exact) mass is 289 g/mol. The van der Waals surface area contributed by atoms with E-state index in [9.17, 15) is 4.79 Å². The molecule has 0 aromatic heterocycles. The smallest absolute Gasteiger partial charge is 0.335 e. The Morgan fingerprint density at radius 1 is 1.00 bits per heavy atom. The summed E-state index contributed by atoms with van der Waals surface area (Å²) in [6.07, 6.45) is 0. The Bertz CT molecular complexity index is 669. The largest absolute Gasteiger partial charge is 0.497 e. The molecule has 0 bridgehead atoms. The highest BCUT2D eigenvalue weighted by molar-refractivity contribution is 5.89. The van der Waals surface area contributed by atoms with Gasteiger partial charge in [-0.05, 0) is 30.3 Å². The van der Waals surface area contributed by atoms with Crippen molar-refractivity contribution in [3.63, 3.8) is 0 Å². The molecule has 6 heteroatoms. The molecule has 21 heavy (non-hydrogen) atoms. The molecule has 6 nitrogen and oxygen atoms in total. The summed E-state index contributed by atoms with van der Waals surface area (Å²) in [4.78, 5) is 10.9. The van der Waals surface area contributed by atoms with Gasteiger partial charge in [0.25, 0.3) is 0 Å². The number of anilines is 1. The number of benzene rings is 2. The van der Waals surface area contributed by atoms with Crippen LogP contribution in [0.4, 0.5) is 5.69 Å². The lowest BCUT2D eigenvalue weighted by Gasteiger charge is -2.13. The summed E-state index contributed by atoms with van der Waals surface area (Å²) in [5, 5.41) is 8.90. The second-order valence-corrected chi connectivity index (χ2v) is 4.18. The van der Waals surface area contributed by atoms with Crippen LogP contribution in [0.5, 0.6) is 23.0 Å². The molecule has 0 unspecified atom stereocenters. The number of hydrogen-bond acceptors (Lipinski definition) is 5. The van der Waals surface area contributed by atoms with E-state index in [0.717, 1.165) is 0 Å². The number of methoxy groups -OCH3 is 2. The quantitative estimate of drug-likeness (QED) is 0.822. The zero-order chi connectivity index (χ0) is 15.4. The molecule has 2 aromatic rings. The number of hydrogen-bond donors (Lipinski definition) is 2. The van der Waals surface area contributed by atoms with Crippen molar-refractivity contribution < 1.29 is 24.1 Å². The summed E-state index contributed by atoms with van der Waals surface area (Å²) in [7, 11) is 3.07.